The number of hydrogen-bond acceptors (Lipinski definition) is 3. The van der Waals surface area contributed by atoms with E-state index < -0.39 is 0 Å². The Balaban J connectivity index is 1.89. The minimum Gasteiger partial charge on any atom is -0.464 e. The molecule has 19 heavy (non-hydrogen) atoms. The van der Waals surface area contributed by atoms with Crippen molar-refractivity contribution in [2.75, 3.05) is 20.6 Å². The van der Waals surface area contributed by atoms with Crippen LogP contribution in [0, 0.1) is 11.8 Å². The molecule has 1 saturated carbocycles. The van der Waals surface area contributed by atoms with Crippen molar-refractivity contribution in [3.05, 3.63) is 23.7 Å². The number of rotatable bonds is 6. The molecule has 1 aromatic heterocycles. The van der Waals surface area contributed by atoms with Crippen LogP contribution in [0.5, 0.6) is 0 Å². The van der Waals surface area contributed by atoms with Crippen LogP contribution in [0.2, 0.25) is 0 Å². The fourth-order valence-corrected chi connectivity index (χ4v) is 2.48. The van der Waals surface area contributed by atoms with E-state index >= 15 is 0 Å². The van der Waals surface area contributed by atoms with Crippen molar-refractivity contribution in [2.24, 2.45) is 11.8 Å². The van der Waals surface area contributed by atoms with Gasteiger partial charge in [0.1, 0.15) is 11.5 Å². The van der Waals surface area contributed by atoms with Crippen molar-refractivity contribution in [3.8, 4) is 0 Å². The fourth-order valence-electron chi connectivity index (χ4n) is 2.48. The summed E-state index contributed by atoms with van der Waals surface area (Å²) < 4.78 is 5.83. The van der Waals surface area contributed by atoms with Gasteiger partial charge in [-0.3, -0.25) is 4.79 Å². The van der Waals surface area contributed by atoms with Gasteiger partial charge >= 0.3 is 0 Å². The molecular weight excluding hydrogens is 240 g/mol. The number of nitrogens with zero attached hydrogens (tertiary/aromatic N) is 1. The Morgan fingerprint density at radius 2 is 2.26 bits per heavy atom. The molecule has 0 aliphatic heterocycles. The summed E-state index contributed by atoms with van der Waals surface area (Å²) in [7, 11) is 3.69. The van der Waals surface area contributed by atoms with Crippen molar-refractivity contribution >= 4 is 5.91 Å². The van der Waals surface area contributed by atoms with Gasteiger partial charge in [-0.1, -0.05) is 13.8 Å². The molecule has 3 unspecified atom stereocenters. The first-order valence-electron chi connectivity index (χ1n) is 7.01. The maximum atomic E-state index is 12.1. The molecule has 2 rings (SSSR count). The Hall–Kier alpha value is -1.29. The maximum absolute atomic E-state index is 12.1. The van der Waals surface area contributed by atoms with Gasteiger partial charge in [0.05, 0.1) is 6.54 Å². The van der Waals surface area contributed by atoms with Crippen molar-refractivity contribution in [2.45, 2.75) is 32.7 Å². The molecule has 0 aromatic carbocycles. The van der Waals surface area contributed by atoms with Crippen molar-refractivity contribution in [1.82, 2.24) is 10.2 Å². The summed E-state index contributed by atoms with van der Waals surface area (Å²) in [5.41, 5.74) is 0. The fraction of sp³-hybridized carbons (Fsp3) is 0.667. The van der Waals surface area contributed by atoms with Crippen LogP contribution >= 0.6 is 0 Å². The van der Waals surface area contributed by atoms with Gasteiger partial charge in [0.2, 0.25) is 5.91 Å². The van der Waals surface area contributed by atoms with E-state index in [2.05, 4.69) is 18.3 Å². The summed E-state index contributed by atoms with van der Waals surface area (Å²) in [5, 5.41) is 3.03. The van der Waals surface area contributed by atoms with Crippen LogP contribution < -0.4 is 5.32 Å². The Morgan fingerprint density at radius 1 is 1.58 bits per heavy atom. The number of carbonyl (C=O) groups excluding carboxylic acids is 1. The average molecular weight is 264 g/mol. The van der Waals surface area contributed by atoms with Crippen LogP contribution in [0.25, 0.3) is 0 Å². The summed E-state index contributed by atoms with van der Waals surface area (Å²) in [4.78, 5) is 13.8. The van der Waals surface area contributed by atoms with E-state index in [1.54, 1.807) is 4.90 Å². The van der Waals surface area contributed by atoms with Gasteiger partial charge in [0, 0.05) is 25.4 Å². The number of carbonyl (C=O) groups is 1. The van der Waals surface area contributed by atoms with Gasteiger partial charge in [-0.2, -0.15) is 0 Å². The third-order valence-electron chi connectivity index (χ3n) is 3.86. The summed E-state index contributed by atoms with van der Waals surface area (Å²) in [5.74, 6) is 3.43. The van der Waals surface area contributed by atoms with Gasteiger partial charge in [-0.15, -0.1) is 0 Å². The molecular formula is C15H24N2O2. The maximum Gasteiger partial charge on any atom is 0.226 e. The molecule has 1 N–H and O–H groups in total. The second-order valence-electron chi connectivity index (χ2n) is 5.78. The normalized spacial score (nSPS) is 23.2. The van der Waals surface area contributed by atoms with Crippen LogP contribution in [-0.4, -0.2) is 31.4 Å². The number of hydrogen-bond donors (Lipinski definition) is 1. The van der Waals surface area contributed by atoms with E-state index in [0.717, 1.165) is 17.4 Å². The van der Waals surface area contributed by atoms with Crippen molar-refractivity contribution in [3.63, 3.8) is 0 Å². The zero-order valence-corrected chi connectivity index (χ0v) is 12.3. The van der Waals surface area contributed by atoms with E-state index in [9.17, 15) is 4.79 Å². The standard InChI is InChI=1S/C15H24N2O2/c1-10-7-13(10)14-6-5-12(19-14)9-17(4)15(18)11(2)8-16-3/h5-6,10-11,13,16H,7-9H2,1-4H3. The zero-order valence-electron chi connectivity index (χ0n) is 12.3. The predicted molar refractivity (Wildman–Crippen MR) is 74.8 cm³/mol. The zero-order chi connectivity index (χ0) is 14.0. The lowest BCUT2D eigenvalue weighted by molar-refractivity contribution is -0.134. The first-order chi connectivity index (χ1) is 9.02. The lowest BCUT2D eigenvalue weighted by Gasteiger charge is -2.20. The van der Waals surface area contributed by atoms with Crippen LogP contribution in [0.4, 0.5) is 0 Å². The van der Waals surface area contributed by atoms with Crippen LogP contribution in [0.15, 0.2) is 16.5 Å². The molecule has 0 bridgehead atoms. The average Bonchev–Trinajstić information content (AvgIpc) is 2.92. The number of amides is 1. The van der Waals surface area contributed by atoms with Gasteiger partial charge in [-0.05, 0) is 31.5 Å². The van der Waals surface area contributed by atoms with E-state index in [-0.39, 0.29) is 11.8 Å². The Morgan fingerprint density at radius 3 is 2.84 bits per heavy atom. The molecule has 1 aliphatic rings. The first kappa shape index (κ1) is 14.1. The highest BCUT2D eigenvalue weighted by Gasteiger charge is 2.36. The highest BCUT2D eigenvalue weighted by atomic mass is 16.3. The minimum absolute atomic E-state index is 0.00659. The topological polar surface area (TPSA) is 45.5 Å². The van der Waals surface area contributed by atoms with Gasteiger partial charge < -0.3 is 14.6 Å². The smallest absolute Gasteiger partial charge is 0.226 e. The lowest BCUT2D eigenvalue weighted by atomic mass is 10.1. The second kappa shape index (κ2) is 5.78. The van der Waals surface area contributed by atoms with Crippen LogP contribution in [0.1, 0.15) is 37.7 Å². The molecule has 0 radical (unpaired) electrons. The number of furan rings is 1. The van der Waals surface area contributed by atoms with Crippen molar-refractivity contribution in [1.29, 1.82) is 0 Å². The van der Waals surface area contributed by atoms with E-state index in [4.69, 9.17) is 4.42 Å². The van der Waals surface area contributed by atoms with Crippen molar-refractivity contribution < 1.29 is 9.21 Å². The van der Waals surface area contributed by atoms with Gasteiger partial charge in [0.25, 0.3) is 0 Å². The third-order valence-corrected chi connectivity index (χ3v) is 3.86. The highest BCUT2D eigenvalue weighted by molar-refractivity contribution is 5.78. The predicted octanol–water partition coefficient (Wildman–Crippen LogP) is 2.22. The van der Waals surface area contributed by atoms with Gasteiger partial charge in [-0.25, -0.2) is 0 Å². The minimum atomic E-state index is -0.00659. The molecule has 1 amide bonds. The quantitative estimate of drug-likeness (QED) is 0.857. The van der Waals surface area contributed by atoms with E-state index in [0.29, 0.717) is 19.0 Å². The summed E-state index contributed by atoms with van der Waals surface area (Å²) in [6, 6.07) is 4.05. The largest absolute Gasteiger partial charge is 0.464 e. The Labute approximate surface area is 115 Å². The van der Waals surface area contributed by atoms with Gasteiger partial charge in [0.15, 0.2) is 0 Å². The summed E-state index contributed by atoms with van der Waals surface area (Å²) in [6.07, 6.45) is 1.22. The second-order valence-corrected chi connectivity index (χ2v) is 5.78. The Kier molecular flexibility index (Phi) is 4.30. The molecule has 1 heterocycles. The SMILES string of the molecule is CNCC(C)C(=O)N(C)Cc1ccc(C2CC2C)o1. The van der Waals surface area contributed by atoms with Crippen LogP contribution in [0.3, 0.4) is 0 Å². The number of nitrogens with one attached hydrogen (secondary N) is 1. The monoisotopic (exact) mass is 264 g/mol. The molecule has 4 nitrogen and oxygen atoms in total. The summed E-state index contributed by atoms with van der Waals surface area (Å²) >= 11 is 0. The first-order valence-corrected chi connectivity index (χ1v) is 7.01. The molecule has 3 atom stereocenters. The molecule has 0 saturated heterocycles. The lowest BCUT2D eigenvalue weighted by Crippen LogP contribution is -2.35. The molecule has 1 aromatic rings. The Bertz CT molecular complexity index is 441. The molecule has 4 heteroatoms. The van der Waals surface area contributed by atoms with Crippen LogP contribution in [-0.2, 0) is 11.3 Å². The molecule has 1 fully saturated rings. The van der Waals surface area contributed by atoms with E-state index in [1.807, 2.05) is 27.1 Å². The highest BCUT2D eigenvalue weighted by Crippen LogP contribution is 2.47. The molecule has 1 aliphatic carbocycles. The molecule has 106 valence electrons. The van der Waals surface area contributed by atoms with E-state index in [1.165, 1.54) is 6.42 Å². The summed E-state index contributed by atoms with van der Waals surface area (Å²) in [6.45, 7) is 5.43. The molecule has 0 spiro atoms. The third kappa shape index (κ3) is 3.38.